The van der Waals surface area contributed by atoms with Gasteiger partial charge in [-0.25, -0.2) is 8.42 Å². The van der Waals surface area contributed by atoms with Gasteiger partial charge in [-0.05, 0) is 55.9 Å². The summed E-state index contributed by atoms with van der Waals surface area (Å²) in [7, 11) is -3.46. The smallest absolute Gasteiger partial charge is 0.243 e. The highest BCUT2D eigenvalue weighted by Gasteiger charge is 2.26. The van der Waals surface area contributed by atoms with E-state index in [1.165, 1.54) is 23.6 Å². The van der Waals surface area contributed by atoms with Crippen molar-refractivity contribution in [3.63, 3.8) is 0 Å². The summed E-state index contributed by atoms with van der Waals surface area (Å²) < 4.78 is 26.5. The van der Waals surface area contributed by atoms with E-state index in [-0.39, 0.29) is 16.7 Å². The van der Waals surface area contributed by atoms with Crippen LogP contribution in [0.5, 0.6) is 0 Å². The van der Waals surface area contributed by atoms with Gasteiger partial charge in [-0.2, -0.15) is 4.31 Å². The van der Waals surface area contributed by atoms with Crippen LogP contribution in [0.3, 0.4) is 0 Å². The third-order valence-electron chi connectivity index (χ3n) is 5.65. The van der Waals surface area contributed by atoms with E-state index >= 15 is 0 Å². The van der Waals surface area contributed by atoms with E-state index in [0.29, 0.717) is 18.8 Å². The fourth-order valence-electron chi connectivity index (χ4n) is 3.87. The summed E-state index contributed by atoms with van der Waals surface area (Å²) in [6.07, 6.45) is 7.99. The van der Waals surface area contributed by atoms with Crippen molar-refractivity contribution in [3.8, 4) is 0 Å². The first-order valence-electron chi connectivity index (χ1n) is 10.3. The predicted octanol–water partition coefficient (Wildman–Crippen LogP) is 4.65. The fraction of sp³-hybridized carbons (Fsp3) is 0.667. The minimum absolute atomic E-state index is 0.0586. The first-order chi connectivity index (χ1) is 12.9. The third kappa shape index (κ3) is 5.79. The lowest BCUT2D eigenvalue weighted by Gasteiger charge is -2.27. The Hall–Kier alpha value is -1.40. The Bertz CT molecular complexity index is 689. The Morgan fingerprint density at radius 1 is 1.04 bits per heavy atom. The molecule has 1 fully saturated rings. The molecule has 1 aliphatic carbocycles. The van der Waals surface area contributed by atoms with Gasteiger partial charge in [0.1, 0.15) is 0 Å². The molecular weight excluding hydrogens is 360 g/mol. The molecule has 1 amide bonds. The van der Waals surface area contributed by atoms with Gasteiger partial charge >= 0.3 is 0 Å². The lowest BCUT2D eigenvalue weighted by molar-refractivity contribution is -0.121. The Morgan fingerprint density at radius 3 is 2.15 bits per heavy atom. The average Bonchev–Trinajstić information content (AvgIpc) is 2.68. The highest BCUT2D eigenvalue weighted by Crippen LogP contribution is 2.32. The molecule has 0 unspecified atom stereocenters. The Balaban J connectivity index is 1.92. The van der Waals surface area contributed by atoms with Crippen molar-refractivity contribution in [1.29, 1.82) is 0 Å². The molecule has 1 N–H and O–H groups in total. The lowest BCUT2D eigenvalue weighted by Crippen LogP contribution is -2.30. The van der Waals surface area contributed by atoms with Crippen LogP contribution in [0.25, 0.3) is 0 Å². The van der Waals surface area contributed by atoms with Crippen molar-refractivity contribution >= 4 is 21.6 Å². The third-order valence-corrected chi connectivity index (χ3v) is 7.71. The number of hydrogen-bond acceptors (Lipinski definition) is 3. The van der Waals surface area contributed by atoms with E-state index in [1.54, 1.807) is 24.3 Å². The molecule has 0 spiro atoms. The molecule has 0 saturated heterocycles. The molecule has 0 bridgehead atoms. The highest BCUT2D eigenvalue weighted by molar-refractivity contribution is 7.89. The van der Waals surface area contributed by atoms with E-state index in [1.807, 2.05) is 13.8 Å². The first kappa shape index (κ1) is 21.9. The van der Waals surface area contributed by atoms with Crippen LogP contribution in [0.1, 0.15) is 65.7 Å². The lowest BCUT2D eigenvalue weighted by atomic mass is 9.79. The maximum atomic E-state index is 12.5. The number of nitrogens with zero attached hydrogens (tertiary/aromatic N) is 1. The van der Waals surface area contributed by atoms with Gasteiger partial charge in [-0.1, -0.05) is 40.0 Å². The summed E-state index contributed by atoms with van der Waals surface area (Å²) in [5, 5.41) is 2.96. The summed E-state index contributed by atoms with van der Waals surface area (Å²) in [6, 6.07) is 6.51. The van der Waals surface area contributed by atoms with E-state index < -0.39 is 10.0 Å². The van der Waals surface area contributed by atoms with Gasteiger partial charge in [0.15, 0.2) is 0 Å². The van der Waals surface area contributed by atoms with Gasteiger partial charge in [0.05, 0.1) is 4.90 Å². The molecule has 0 aromatic heterocycles. The van der Waals surface area contributed by atoms with Crippen LogP contribution in [0.15, 0.2) is 29.2 Å². The molecule has 5 nitrogen and oxygen atoms in total. The van der Waals surface area contributed by atoms with Gasteiger partial charge < -0.3 is 5.32 Å². The summed E-state index contributed by atoms with van der Waals surface area (Å²) in [4.78, 5) is 12.8. The largest absolute Gasteiger partial charge is 0.326 e. The van der Waals surface area contributed by atoms with Crippen molar-refractivity contribution in [2.45, 2.75) is 70.6 Å². The monoisotopic (exact) mass is 394 g/mol. The molecule has 0 atom stereocenters. The number of sulfonamides is 1. The van der Waals surface area contributed by atoms with Crippen LogP contribution >= 0.6 is 0 Å². The van der Waals surface area contributed by atoms with Crippen LogP contribution in [-0.2, 0) is 14.8 Å². The van der Waals surface area contributed by atoms with Crippen molar-refractivity contribution in [2.75, 3.05) is 18.4 Å². The van der Waals surface area contributed by atoms with E-state index in [0.717, 1.165) is 31.6 Å². The van der Waals surface area contributed by atoms with Crippen LogP contribution in [0.4, 0.5) is 5.69 Å². The number of carbonyl (C=O) groups is 1. The number of unbranched alkanes of at least 4 members (excludes halogenated alkanes) is 1. The summed E-state index contributed by atoms with van der Waals surface area (Å²) in [5.74, 6) is 0.906. The molecular formula is C21H34N2O3S. The number of anilines is 1. The number of carbonyl (C=O) groups excluding carboxylic acids is 1. The number of benzene rings is 1. The molecule has 152 valence electrons. The minimum atomic E-state index is -3.46. The molecule has 1 aromatic carbocycles. The molecule has 2 rings (SSSR count). The summed E-state index contributed by atoms with van der Waals surface area (Å²) in [6.45, 7) is 6.76. The maximum Gasteiger partial charge on any atom is 0.243 e. The Kier molecular flexibility index (Phi) is 8.29. The molecule has 27 heavy (non-hydrogen) atoms. The molecule has 1 aromatic rings. The number of amides is 1. The normalized spacial score (nSPS) is 20.6. The standard InChI is InChI=1S/C21H34N2O3S/c1-4-7-8-17-9-11-18(12-10-17)21(24)22-19-13-15-20(16-14-19)27(25,26)23(5-2)6-3/h13-18H,4-12H2,1-3H3,(H,22,24). The number of nitrogens with one attached hydrogen (secondary N) is 1. The first-order valence-corrected chi connectivity index (χ1v) is 11.8. The summed E-state index contributed by atoms with van der Waals surface area (Å²) >= 11 is 0. The zero-order valence-electron chi connectivity index (χ0n) is 16.9. The van der Waals surface area contributed by atoms with Gasteiger partial charge in [0.2, 0.25) is 15.9 Å². The molecule has 0 radical (unpaired) electrons. The second kappa shape index (κ2) is 10.2. The van der Waals surface area contributed by atoms with E-state index in [2.05, 4.69) is 12.2 Å². The van der Waals surface area contributed by atoms with Crippen LogP contribution in [-0.4, -0.2) is 31.7 Å². The number of rotatable bonds is 9. The Labute approximate surface area is 164 Å². The highest BCUT2D eigenvalue weighted by atomic mass is 32.2. The van der Waals surface area contributed by atoms with Gasteiger partial charge in [0.25, 0.3) is 0 Å². The molecule has 0 heterocycles. The molecule has 1 aliphatic rings. The minimum Gasteiger partial charge on any atom is -0.326 e. The quantitative estimate of drug-likeness (QED) is 0.663. The summed E-state index contributed by atoms with van der Waals surface area (Å²) in [5.41, 5.74) is 0.659. The fourth-order valence-corrected chi connectivity index (χ4v) is 5.33. The van der Waals surface area contributed by atoms with E-state index in [9.17, 15) is 13.2 Å². The average molecular weight is 395 g/mol. The van der Waals surface area contributed by atoms with Gasteiger partial charge in [-0.3, -0.25) is 4.79 Å². The predicted molar refractivity (Wildman–Crippen MR) is 110 cm³/mol. The maximum absolute atomic E-state index is 12.5. The Morgan fingerprint density at radius 2 is 1.63 bits per heavy atom. The molecule has 0 aliphatic heterocycles. The van der Waals surface area contributed by atoms with Crippen molar-refractivity contribution in [2.24, 2.45) is 11.8 Å². The zero-order valence-corrected chi connectivity index (χ0v) is 17.7. The van der Waals surface area contributed by atoms with Gasteiger partial charge in [-0.15, -0.1) is 0 Å². The SMILES string of the molecule is CCCCC1CCC(C(=O)Nc2ccc(S(=O)(=O)N(CC)CC)cc2)CC1. The van der Waals surface area contributed by atoms with Crippen molar-refractivity contribution in [1.82, 2.24) is 4.31 Å². The second-order valence-electron chi connectivity index (χ2n) is 7.46. The topological polar surface area (TPSA) is 66.5 Å². The van der Waals surface area contributed by atoms with E-state index in [4.69, 9.17) is 0 Å². The molecule has 1 saturated carbocycles. The van der Waals surface area contributed by atoms with Crippen LogP contribution in [0.2, 0.25) is 0 Å². The number of hydrogen-bond donors (Lipinski definition) is 1. The van der Waals surface area contributed by atoms with Crippen LogP contribution in [0, 0.1) is 11.8 Å². The van der Waals surface area contributed by atoms with Crippen molar-refractivity contribution < 1.29 is 13.2 Å². The van der Waals surface area contributed by atoms with Crippen LogP contribution < -0.4 is 5.32 Å². The van der Waals surface area contributed by atoms with Crippen molar-refractivity contribution in [3.05, 3.63) is 24.3 Å². The second-order valence-corrected chi connectivity index (χ2v) is 9.40. The van der Waals surface area contributed by atoms with Gasteiger partial charge in [0, 0.05) is 24.7 Å². The molecule has 6 heteroatoms. The zero-order chi connectivity index (χ0) is 19.9.